The smallest absolute Gasteiger partial charge is 0.171 e. The summed E-state index contributed by atoms with van der Waals surface area (Å²) in [7, 11) is 1.89. The Kier molecular flexibility index (Phi) is 2.84. The number of rotatable bonds is 2. The van der Waals surface area contributed by atoms with Crippen molar-refractivity contribution in [2.75, 3.05) is 11.1 Å². The Morgan fingerprint density at radius 3 is 2.60 bits per heavy atom. The van der Waals surface area contributed by atoms with Crippen molar-refractivity contribution in [2.45, 2.75) is 38.6 Å². The van der Waals surface area contributed by atoms with Crippen molar-refractivity contribution in [2.24, 2.45) is 13.0 Å². The summed E-state index contributed by atoms with van der Waals surface area (Å²) in [6.45, 7) is 2.32. The summed E-state index contributed by atoms with van der Waals surface area (Å²) in [6, 6.07) is 0.554. The summed E-state index contributed by atoms with van der Waals surface area (Å²) in [5.74, 6) is 1.72. The number of nitrogen functional groups attached to an aromatic ring is 1. The summed E-state index contributed by atoms with van der Waals surface area (Å²) < 4.78 is 1.75. The molecule has 1 aliphatic rings. The highest BCUT2D eigenvalue weighted by atomic mass is 15.3. The molecule has 15 heavy (non-hydrogen) atoms. The molecule has 1 aromatic rings. The van der Waals surface area contributed by atoms with Crippen LogP contribution < -0.4 is 11.1 Å². The molecule has 0 aromatic carbocycles. The monoisotopic (exact) mass is 208 g/mol. The molecule has 0 bridgehead atoms. The van der Waals surface area contributed by atoms with Gasteiger partial charge in [-0.05, 0) is 31.6 Å². The van der Waals surface area contributed by atoms with Crippen LogP contribution in [-0.4, -0.2) is 15.8 Å². The Balaban J connectivity index is 1.94. The second-order valence-corrected chi connectivity index (χ2v) is 4.71. The topological polar surface area (TPSA) is 55.9 Å². The first-order valence-electron chi connectivity index (χ1n) is 5.71. The van der Waals surface area contributed by atoms with Gasteiger partial charge in [-0.25, -0.2) is 0 Å². The minimum atomic E-state index is 0.554. The Labute approximate surface area is 90.8 Å². The second-order valence-electron chi connectivity index (χ2n) is 4.71. The SMILES string of the molecule is CC1CCC(Nc2nn(C)cc2N)CC1. The highest BCUT2D eigenvalue weighted by molar-refractivity contribution is 5.60. The number of aryl methyl sites for hydroxylation is 1. The first kappa shape index (κ1) is 10.3. The van der Waals surface area contributed by atoms with E-state index in [1.165, 1.54) is 25.7 Å². The fraction of sp³-hybridized carbons (Fsp3) is 0.727. The summed E-state index contributed by atoms with van der Waals surface area (Å²) in [5.41, 5.74) is 6.59. The van der Waals surface area contributed by atoms with Gasteiger partial charge in [-0.2, -0.15) is 5.10 Å². The van der Waals surface area contributed by atoms with Crippen LogP contribution in [0.2, 0.25) is 0 Å². The predicted molar refractivity (Wildman–Crippen MR) is 62.7 cm³/mol. The molecule has 0 unspecified atom stereocenters. The van der Waals surface area contributed by atoms with Gasteiger partial charge in [0.2, 0.25) is 0 Å². The second kappa shape index (κ2) is 4.13. The molecule has 1 saturated carbocycles. The van der Waals surface area contributed by atoms with E-state index in [9.17, 15) is 0 Å². The maximum Gasteiger partial charge on any atom is 0.171 e. The lowest BCUT2D eigenvalue weighted by Gasteiger charge is -2.26. The molecule has 84 valence electrons. The van der Waals surface area contributed by atoms with E-state index >= 15 is 0 Å². The number of nitrogens with one attached hydrogen (secondary N) is 1. The van der Waals surface area contributed by atoms with Gasteiger partial charge < -0.3 is 11.1 Å². The molecule has 0 amide bonds. The van der Waals surface area contributed by atoms with E-state index in [0.29, 0.717) is 6.04 Å². The molecule has 3 N–H and O–H groups in total. The van der Waals surface area contributed by atoms with Crippen LogP contribution in [0.1, 0.15) is 32.6 Å². The lowest BCUT2D eigenvalue weighted by atomic mass is 9.87. The Bertz CT molecular complexity index is 323. The molecule has 0 saturated heterocycles. The van der Waals surface area contributed by atoms with Gasteiger partial charge in [0, 0.05) is 19.3 Å². The molecule has 0 spiro atoms. The molecule has 1 heterocycles. The largest absolute Gasteiger partial charge is 0.394 e. The third-order valence-corrected chi connectivity index (χ3v) is 3.21. The standard InChI is InChI=1S/C11H20N4/c1-8-3-5-9(6-4-8)13-11-10(12)7-15(2)14-11/h7-9H,3-6,12H2,1-2H3,(H,13,14). The zero-order valence-electron chi connectivity index (χ0n) is 9.53. The Morgan fingerprint density at radius 1 is 1.40 bits per heavy atom. The lowest BCUT2D eigenvalue weighted by Crippen LogP contribution is -2.25. The molecule has 4 heteroatoms. The fourth-order valence-corrected chi connectivity index (χ4v) is 2.22. The van der Waals surface area contributed by atoms with Crippen LogP contribution in [0.25, 0.3) is 0 Å². The maximum atomic E-state index is 5.84. The van der Waals surface area contributed by atoms with Gasteiger partial charge in [0.25, 0.3) is 0 Å². The van der Waals surface area contributed by atoms with Gasteiger partial charge in [0.1, 0.15) is 0 Å². The number of nitrogens with two attached hydrogens (primary N) is 1. The van der Waals surface area contributed by atoms with E-state index in [0.717, 1.165) is 17.4 Å². The van der Waals surface area contributed by atoms with Crippen LogP contribution in [0, 0.1) is 5.92 Å². The molecule has 0 aliphatic heterocycles. The van der Waals surface area contributed by atoms with Crippen LogP contribution >= 0.6 is 0 Å². The number of aromatic nitrogens is 2. The summed E-state index contributed by atoms with van der Waals surface area (Å²) in [6.07, 6.45) is 6.93. The minimum Gasteiger partial charge on any atom is -0.394 e. The van der Waals surface area contributed by atoms with Crippen LogP contribution in [-0.2, 0) is 7.05 Å². The molecule has 2 rings (SSSR count). The summed E-state index contributed by atoms with van der Waals surface area (Å²) in [4.78, 5) is 0. The lowest BCUT2D eigenvalue weighted by molar-refractivity contribution is 0.360. The Hall–Kier alpha value is -1.19. The molecule has 1 aromatic heterocycles. The highest BCUT2D eigenvalue weighted by Gasteiger charge is 2.19. The van der Waals surface area contributed by atoms with Gasteiger partial charge >= 0.3 is 0 Å². The number of nitrogens with zero attached hydrogens (tertiary/aromatic N) is 2. The van der Waals surface area contributed by atoms with Crippen LogP contribution in [0.15, 0.2) is 6.20 Å². The zero-order valence-corrected chi connectivity index (χ0v) is 9.53. The third-order valence-electron chi connectivity index (χ3n) is 3.21. The first-order chi connectivity index (χ1) is 7.15. The van der Waals surface area contributed by atoms with Crippen molar-refractivity contribution in [1.82, 2.24) is 9.78 Å². The van der Waals surface area contributed by atoms with E-state index in [-0.39, 0.29) is 0 Å². The molecule has 0 radical (unpaired) electrons. The van der Waals surface area contributed by atoms with E-state index < -0.39 is 0 Å². The van der Waals surface area contributed by atoms with Gasteiger partial charge in [0.05, 0.1) is 5.69 Å². The normalized spacial score (nSPS) is 26.5. The van der Waals surface area contributed by atoms with Crippen molar-refractivity contribution >= 4 is 11.5 Å². The number of hydrogen-bond acceptors (Lipinski definition) is 3. The molecular weight excluding hydrogens is 188 g/mol. The zero-order chi connectivity index (χ0) is 10.8. The van der Waals surface area contributed by atoms with Crippen molar-refractivity contribution in [1.29, 1.82) is 0 Å². The minimum absolute atomic E-state index is 0.554. The highest BCUT2D eigenvalue weighted by Crippen LogP contribution is 2.27. The molecule has 1 fully saturated rings. The van der Waals surface area contributed by atoms with E-state index in [1.807, 2.05) is 13.2 Å². The average molecular weight is 208 g/mol. The molecular formula is C11H20N4. The first-order valence-corrected chi connectivity index (χ1v) is 5.71. The van der Waals surface area contributed by atoms with E-state index in [1.54, 1.807) is 4.68 Å². The predicted octanol–water partition coefficient (Wildman–Crippen LogP) is 1.99. The van der Waals surface area contributed by atoms with E-state index in [2.05, 4.69) is 17.3 Å². The molecule has 4 nitrogen and oxygen atoms in total. The number of hydrogen-bond donors (Lipinski definition) is 2. The quantitative estimate of drug-likeness (QED) is 0.781. The van der Waals surface area contributed by atoms with Crippen molar-refractivity contribution in [3.05, 3.63) is 6.20 Å². The van der Waals surface area contributed by atoms with Gasteiger partial charge in [-0.1, -0.05) is 6.92 Å². The van der Waals surface area contributed by atoms with Crippen LogP contribution in [0.4, 0.5) is 11.5 Å². The van der Waals surface area contributed by atoms with Crippen molar-refractivity contribution in [3.8, 4) is 0 Å². The fourth-order valence-electron chi connectivity index (χ4n) is 2.22. The third kappa shape index (κ3) is 2.43. The van der Waals surface area contributed by atoms with Gasteiger partial charge in [-0.15, -0.1) is 0 Å². The van der Waals surface area contributed by atoms with Crippen LogP contribution in [0.3, 0.4) is 0 Å². The summed E-state index contributed by atoms with van der Waals surface area (Å²) in [5, 5.41) is 7.74. The van der Waals surface area contributed by atoms with Crippen molar-refractivity contribution in [3.63, 3.8) is 0 Å². The Morgan fingerprint density at radius 2 is 2.07 bits per heavy atom. The molecule has 0 atom stereocenters. The van der Waals surface area contributed by atoms with Crippen LogP contribution in [0.5, 0.6) is 0 Å². The molecule has 1 aliphatic carbocycles. The maximum absolute atomic E-state index is 5.84. The van der Waals surface area contributed by atoms with Gasteiger partial charge in [-0.3, -0.25) is 4.68 Å². The van der Waals surface area contributed by atoms with Crippen molar-refractivity contribution < 1.29 is 0 Å². The number of anilines is 2. The average Bonchev–Trinajstić information content (AvgIpc) is 2.49. The summed E-state index contributed by atoms with van der Waals surface area (Å²) >= 11 is 0. The van der Waals surface area contributed by atoms with Gasteiger partial charge in [0.15, 0.2) is 5.82 Å². The van der Waals surface area contributed by atoms with E-state index in [4.69, 9.17) is 5.73 Å².